The minimum absolute atomic E-state index is 0. The molecule has 10 atom stereocenters. The second kappa shape index (κ2) is 24.3. The van der Waals surface area contributed by atoms with Gasteiger partial charge in [-0.2, -0.15) is 0 Å². The Morgan fingerprint density at radius 2 is 0.475 bits per heavy atom. The van der Waals surface area contributed by atoms with E-state index in [1.54, 1.807) is 0 Å². The van der Waals surface area contributed by atoms with Gasteiger partial charge in [0.25, 0.3) is 0 Å². The predicted molar refractivity (Wildman–Crippen MR) is 180 cm³/mol. The standard InChI is InChI=1S/C10H20.2C9H18.C8H16.4H2O/c1-7-5-6-8(2)10(4)9(7)3;2*1-7-4-5-8(2)9(3)6-7;1-7-3-5-8(2)6-4-7;;;;/h7-10H,5-6H2,1-4H3;2*7-9H,4-6H2,1-3H3;7-8H,3-6H2,1-2H3;4*1H2. The first-order valence-corrected chi connectivity index (χ1v) is 16.8. The van der Waals surface area contributed by atoms with Crippen molar-refractivity contribution in [3.8, 4) is 0 Å². The van der Waals surface area contributed by atoms with Crippen LogP contribution in [-0.2, 0) is 0 Å². The Balaban J connectivity index is -0.000000210. The lowest BCUT2D eigenvalue weighted by Gasteiger charge is -2.36. The maximum Gasteiger partial charge on any atom is -0.0389 e. The maximum atomic E-state index is 2.41. The fraction of sp³-hybridized carbons (Fsp3) is 1.00. The molecule has 4 heteroatoms. The monoisotopic (exact) mass is 577 g/mol. The summed E-state index contributed by atoms with van der Waals surface area (Å²) in [6, 6.07) is 0. The molecule has 4 saturated carbocycles. The van der Waals surface area contributed by atoms with Crippen molar-refractivity contribution in [2.24, 2.45) is 71.0 Å². The van der Waals surface area contributed by atoms with Crippen molar-refractivity contribution >= 4 is 0 Å². The molecule has 0 aromatic heterocycles. The Labute approximate surface area is 252 Å². The molecule has 4 fully saturated rings. The van der Waals surface area contributed by atoms with Crippen molar-refractivity contribution in [3.05, 3.63) is 0 Å². The van der Waals surface area contributed by atoms with Crippen molar-refractivity contribution in [1.29, 1.82) is 0 Å². The lowest BCUT2D eigenvalue weighted by atomic mass is 9.69. The van der Waals surface area contributed by atoms with Crippen LogP contribution >= 0.6 is 0 Å². The molecule has 10 unspecified atom stereocenters. The molecule has 0 spiro atoms. The van der Waals surface area contributed by atoms with Crippen molar-refractivity contribution in [2.45, 2.75) is 160 Å². The second-order valence-electron chi connectivity index (χ2n) is 15.4. The van der Waals surface area contributed by atoms with Crippen LogP contribution in [0, 0.1) is 71.0 Å². The molecule has 0 aromatic carbocycles. The summed E-state index contributed by atoms with van der Waals surface area (Å²) in [5, 5.41) is 0. The van der Waals surface area contributed by atoms with Crippen LogP contribution in [0.15, 0.2) is 0 Å². The molecule has 8 N–H and O–H groups in total. The summed E-state index contributed by atoms with van der Waals surface area (Å²) in [5.74, 6) is 11.8. The van der Waals surface area contributed by atoms with Crippen molar-refractivity contribution in [3.63, 3.8) is 0 Å². The van der Waals surface area contributed by atoms with Crippen LogP contribution in [0.25, 0.3) is 0 Å². The van der Waals surface area contributed by atoms with Crippen LogP contribution in [0.3, 0.4) is 0 Å². The van der Waals surface area contributed by atoms with E-state index < -0.39 is 0 Å². The van der Waals surface area contributed by atoms with Crippen LogP contribution in [-0.4, -0.2) is 21.9 Å². The SMILES string of the molecule is CC1CCC(C)C(C)C1.CC1CCC(C)C(C)C1.CC1CCC(C)C(C)C1C.CC1CCC(C)CC1.O.O.O.O. The normalized spacial score (nSPS) is 40.5. The summed E-state index contributed by atoms with van der Waals surface area (Å²) in [4.78, 5) is 0. The van der Waals surface area contributed by atoms with Crippen LogP contribution in [0.2, 0.25) is 0 Å². The van der Waals surface area contributed by atoms with Crippen LogP contribution in [0.4, 0.5) is 0 Å². The van der Waals surface area contributed by atoms with Gasteiger partial charge in [-0.15, -0.1) is 0 Å². The van der Waals surface area contributed by atoms with Gasteiger partial charge in [0.1, 0.15) is 0 Å². The highest BCUT2D eigenvalue weighted by atomic mass is 16.0. The van der Waals surface area contributed by atoms with Crippen LogP contribution in [0.5, 0.6) is 0 Å². The quantitative estimate of drug-likeness (QED) is 0.273. The highest BCUT2D eigenvalue weighted by Crippen LogP contribution is 2.37. The zero-order chi connectivity index (χ0) is 27.4. The first-order chi connectivity index (χ1) is 16.8. The van der Waals surface area contributed by atoms with Crippen molar-refractivity contribution < 1.29 is 21.9 Å². The van der Waals surface area contributed by atoms with Gasteiger partial charge in [-0.1, -0.05) is 147 Å². The first-order valence-electron chi connectivity index (χ1n) is 16.8. The van der Waals surface area contributed by atoms with E-state index in [1.807, 2.05) is 0 Å². The second-order valence-corrected chi connectivity index (χ2v) is 15.4. The van der Waals surface area contributed by atoms with E-state index in [4.69, 9.17) is 0 Å². The Bertz CT molecular complexity index is 499. The minimum Gasteiger partial charge on any atom is -0.412 e. The fourth-order valence-corrected chi connectivity index (χ4v) is 7.15. The van der Waals surface area contributed by atoms with Crippen LogP contribution < -0.4 is 0 Å². The average Bonchev–Trinajstić information content (AvgIpc) is 2.83. The average molecular weight is 577 g/mol. The summed E-state index contributed by atoms with van der Waals surface area (Å²) in [7, 11) is 0. The van der Waals surface area contributed by atoms with Gasteiger partial charge in [-0.25, -0.2) is 0 Å². The Hall–Kier alpha value is -0.160. The largest absolute Gasteiger partial charge is 0.412 e. The zero-order valence-electron chi connectivity index (χ0n) is 29.4. The third kappa shape index (κ3) is 18.4. The molecule has 0 saturated heterocycles. The molecule has 0 bridgehead atoms. The molecule has 4 aliphatic carbocycles. The highest BCUT2D eigenvalue weighted by Gasteiger charge is 2.28. The van der Waals surface area contributed by atoms with E-state index in [-0.39, 0.29) is 21.9 Å². The molecular weight excluding hydrogens is 496 g/mol. The Morgan fingerprint density at radius 1 is 0.250 bits per heavy atom. The van der Waals surface area contributed by atoms with Gasteiger partial charge < -0.3 is 21.9 Å². The van der Waals surface area contributed by atoms with Gasteiger partial charge in [0.2, 0.25) is 0 Å². The van der Waals surface area contributed by atoms with Gasteiger partial charge >= 0.3 is 0 Å². The zero-order valence-corrected chi connectivity index (χ0v) is 29.4. The topological polar surface area (TPSA) is 126 Å². The maximum absolute atomic E-state index is 2.41. The molecule has 0 amide bonds. The lowest BCUT2D eigenvalue weighted by Crippen LogP contribution is -2.27. The third-order valence-electron chi connectivity index (χ3n) is 11.7. The summed E-state index contributed by atoms with van der Waals surface area (Å²) in [6.07, 6.45) is 17.6. The summed E-state index contributed by atoms with van der Waals surface area (Å²) in [5.41, 5.74) is 0. The predicted octanol–water partition coefficient (Wildman–Crippen LogP) is 9.02. The molecule has 4 aliphatic rings. The van der Waals surface area contributed by atoms with Gasteiger partial charge in [0, 0.05) is 0 Å². The van der Waals surface area contributed by atoms with E-state index in [0.717, 1.165) is 71.0 Å². The third-order valence-corrected chi connectivity index (χ3v) is 11.7. The molecular formula is C36H80O4. The molecule has 0 aliphatic heterocycles. The minimum atomic E-state index is 0. The van der Waals surface area contributed by atoms with Crippen molar-refractivity contribution in [2.75, 3.05) is 0 Å². The van der Waals surface area contributed by atoms with Gasteiger partial charge in [-0.3, -0.25) is 0 Å². The van der Waals surface area contributed by atoms with Gasteiger partial charge in [0.05, 0.1) is 0 Å². The number of hydrogen-bond acceptors (Lipinski definition) is 0. The van der Waals surface area contributed by atoms with E-state index >= 15 is 0 Å². The Morgan fingerprint density at radius 3 is 0.700 bits per heavy atom. The van der Waals surface area contributed by atoms with Gasteiger partial charge in [-0.05, 0) is 83.9 Å². The van der Waals surface area contributed by atoms with Crippen LogP contribution in [0.1, 0.15) is 160 Å². The first kappa shape index (κ1) is 46.8. The van der Waals surface area contributed by atoms with E-state index in [9.17, 15) is 0 Å². The number of rotatable bonds is 0. The Kier molecular flexibility index (Phi) is 28.4. The summed E-state index contributed by atoms with van der Waals surface area (Å²) in [6.45, 7) is 28.6. The molecule has 248 valence electrons. The smallest absolute Gasteiger partial charge is 0.0389 e. The van der Waals surface area contributed by atoms with Gasteiger partial charge in [0.15, 0.2) is 0 Å². The lowest BCUT2D eigenvalue weighted by molar-refractivity contribution is 0.137. The molecule has 4 rings (SSSR count). The fourth-order valence-electron chi connectivity index (χ4n) is 7.15. The number of hydrogen-bond donors (Lipinski definition) is 0. The molecule has 0 radical (unpaired) electrons. The van der Waals surface area contributed by atoms with E-state index in [1.165, 1.54) is 77.0 Å². The molecule has 40 heavy (non-hydrogen) atoms. The van der Waals surface area contributed by atoms with E-state index in [0.29, 0.717) is 0 Å². The summed E-state index contributed by atoms with van der Waals surface area (Å²) < 4.78 is 0. The van der Waals surface area contributed by atoms with E-state index in [2.05, 4.69) is 83.1 Å². The molecule has 4 nitrogen and oxygen atoms in total. The molecule has 0 aromatic rings. The summed E-state index contributed by atoms with van der Waals surface area (Å²) >= 11 is 0. The highest BCUT2D eigenvalue weighted by molar-refractivity contribution is 4.78. The van der Waals surface area contributed by atoms with Crippen molar-refractivity contribution in [1.82, 2.24) is 0 Å². The molecule has 0 heterocycles.